The van der Waals surface area contributed by atoms with Gasteiger partial charge in [-0.2, -0.15) is 0 Å². The molecule has 0 atom stereocenters. The van der Waals surface area contributed by atoms with Crippen LogP contribution in [-0.4, -0.2) is 34.7 Å². The van der Waals surface area contributed by atoms with Crippen LogP contribution in [0.3, 0.4) is 0 Å². The number of aliphatic hydroxyl groups is 1. The fourth-order valence-corrected chi connectivity index (χ4v) is 2.53. The maximum Gasteiger partial charge on any atom is 0.107 e. The zero-order valence-electron chi connectivity index (χ0n) is 9.65. The van der Waals surface area contributed by atoms with Gasteiger partial charge in [0.15, 0.2) is 0 Å². The van der Waals surface area contributed by atoms with E-state index in [2.05, 4.69) is 16.8 Å². The molecule has 0 aliphatic heterocycles. The van der Waals surface area contributed by atoms with Crippen LogP contribution in [0.4, 0.5) is 0 Å². The number of nitrogens with zero attached hydrogens (tertiary/aromatic N) is 2. The van der Waals surface area contributed by atoms with Crippen LogP contribution in [0.25, 0.3) is 0 Å². The maximum atomic E-state index is 8.99. The lowest BCUT2D eigenvalue weighted by Gasteiger charge is -2.19. The second-order valence-electron chi connectivity index (χ2n) is 3.72. The first-order chi connectivity index (χ1) is 7.80. The zero-order chi connectivity index (χ0) is 11.8. The predicted octanol–water partition coefficient (Wildman–Crippen LogP) is 2.48. The molecule has 0 aliphatic carbocycles. The number of rotatable bonds is 8. The first-order valence-corrected chi connectivity index (χ1v) is 7.04. The molecule has 0 radical (unpaired) electrons. The fourth-order valence-electron chi connectivity index (χ4n) is 1.47. The number of hydrogen-bond acceptors (Lipinski definition) is 4. The Hall–Kier alpha value is -0.160. The van der Waals surface area contributed by atoms with E-state index < -0.39 is 0 Å². The van der Waals surface area contributed by atoms with Crippen LogP contribution in [0, 0.1) is 0 Å². The van der Waals surface area contributed by atoms with Crippen LogP contribution in [0.1, 0.15) is 30.5 Å². The van der Waals surface area contributed by atoms with E-state index in [1.54, 1.807) is 11.3 Å². The molecule has 1 aromatic rings. The Morgan fingerprint density at radius 2 is 2.31 bits per heavy atom. The molecule has 0 aliphatic rings. The number of alkyl halides is 1. The highest BCUT2D eigenvalue weighted by atomic mass is 35.5. The van der Waals surface area contributed by atoms with Crippen molar-refractivity contribution in [1.82, 2.24) is 9.88 Å². The number of aromatic nitrogens is 1. The molecule has 1 aromatic heterocycles. The summed E-state index contributed by atoms with van der Waals surface area (Å²) in [5.41, 5.74) is 0.945. The summed E-state index contributed by atoms with van der Waals surface area (Å²) in [5, 5.41) is 12.1. The van der Waals surface area contributed by atoms with Gasteiger partial charge in [-0.25, -0.2) is 4.98 Å². The predicted molar refractivity (Wildman–Crippen MR) is 68.9 cm³/mol. The number of unbranched alkanes of at least 4 members (excludes halogenated alkanes) is 1. The summed E-state index contributed by atoms with van der Waals surface area (Å²) in [6, 6.07) is 0. The van der Waals surface area contributed by atoms with Gasteiger partial charge in [-0.05, 0) is 13.0 Å². The second kappa shape index (κ2) is 8.01. The summed E-state index contributed by atoms with van der Waals surface area (Å²) in [6.07, 6.45) is 2.33. The average Bonchev–Trinajstić information content (AvgIpc) is 2.74. The molecular formula is C11H19ClN2OS. The molecule has 0 amide bonds. The van der Waals surface area contributed by atoms with Gasteiger partial charge < -0.3 is 5.11 Å². The lowest BCUT2D eigenvalue weighted by Crippen LogP contribution is -2.27. The van der Waals surface area contributed by atoms with Gasteiger partial charge in [0.05, 0.1) is 24.7 Å². The summed E-state index contributed by atoms with van der Waals surface area (Å²) in [7, 11) is 0. The normalized spacial score (nSPS) is 11.2. The van der Waals surface area contributed by atoms with E-state index in [9.17, 15) is 0 Å². The summed E-state index contributed by atoms with van der Waals surface area (Å²) in [4.78, 5) is 6.66. The number of aliphatic hydroxyl groups excluding tert-OH is 1. The minimum atomic E-state index is 0.206. The van der Waals surface area contributed by atoms with Crippen molar-refractivity contribution < 1.29 is 5.11 Å². The molecule has 0 saturated carbocycles. The lowest BCUT2D eigenvalue weighted by atomic mass is 10.3. The van der Waals surface area contributed by atoms with Crippen LogP contribution in [-0.2, 0) is 12.4 Å². The molecule has 0 saturated heterocycles. The van der Waals surface area contributed by atoms with E-state index in [1.165, 1.54) is 6.42 Å². The third-order valence-electron chi connectivity index (χ3n) is 2.34. The van der Waals surface area contributed by atoms with Crippen LogP contribution in [0.5, 0.6) is 0 Å². The topological polar surface area (TPSA) is 36.4 Å². The summed E-state index contributed by atoms with van der Waals surface area (Å²) in [6.45, 7) is 4.94. The lowest BCUT2D eigenvalue weighted by molar-refractivity contribution is 0.188. The van der Waals surface area contributed by atoms with Gasteiger partial charge in [0.2, 0.25) is 0 Å². The van der Waals surface area contributed by atoms with E-state index in [4.69, 9.17) is 16.7 Å². The quantitative estimate of drug-likeness (QED) is 0.732. The molecule has 0 spiro atoms. The molecule has 1 rings (SSSR count). The molecule has 1 heterocycles. The molecule has 3 nitrogen and oxygen atoms in total. The Balaban J connectivity index is 2.46. The zero-order valence-corrected chi connectivity index (χ0v) is 11.2. The van der Waals surface area contributed by atoms with Gasteiger partial charge in [-0.3, -0.25) is 4.90 Å². The SMILES string of the molecule is CCCCN(CCO)Cc1nc(CCl)cs1. The minimum absolute atomic E-state index is 0.206. The average molecular weight is 263 g/mol. The smallest absolute Gasteiger partial charge is 0.107 e. The summed E-state index contributed by atoms with van der Waals surface area (Å²) in [5.74, 6) is 0.478. The third kappa shape index (κ3) is 4.78. The van der Waals surface area contributed by atoms with E-state index in [-0.39, 0.29) is 6.61 Å². The summed E-state index contributed by atoms with van der Waals surface area (Å²) >= 11 is 7.36. The van der Waals surface area contributed by atoms with E-state index in [1.807, 2.05) is 5.38 Å². The van der Waals surface area contributed by atoms with E-state index in [0.29, 0.717) is 5.88 Å². The van der Waals surface area contributed by atoms with Crippen molar-refractivity contribution in [3.8, 4) is 0 Å². The van der Waals surface area contributed by atoms with Crippen LogP contribution in [0.2, 0.25) is 0 Å². The Labute approximate surface area is 106 Å². The Morgan fingerprint density at radius 3 is 2.88 bits per heavy atom. The van der Waals surface area contributed by atoms with E-state index >= 15 is 0 Å². The highest BCUT2D eigenvalue weighted by molar-refractivity contribution is 7.09. The fraction of sp³-hybridized carbons (Fsp3) is 0.727. The van der Waals surface area contributed by atoms with Crippen molar-refractivity contribution in [2.24, 2.45) is 0 Å². The van der Waals surface area contributed by atoms with Crippen molar-refractivity contribution in [1.29, 1.82) is 0 Å². The van der Waals surface area contributed by atoms with Crippen LogP contribution < -0.4 is 0 Å². The monoisotopic (exact) mass is 262 g/mol. The molecule has 0 fully saturated rings. The molecule has 16 heavy (non-hydrogen) atoms. The van der Waals surface area contributed by atoms with E-state index in [0.717, 1.165) is 36.8 Å². The Kier molecular flexibility index (Phi) is 6.96. The van der Waals surface area contributed by atoms with Gasteiger partial charge in [-0.1, -0.05) is 13.3 Å². The van der Waals surface area contributed by atoms with Crippen molar-refractivity contribution in [3.63, 3.8) is 0 Å². The number of thiazole rings is 1. The molecule has 0 unspecified atom stereocenters. The van der Waals surface area contributed by atoms with Crippen molar-refractivity contribution >= 4 is 22.9 Å². The number of hydrogen-bond donors (Lipinski definition) is 1. The largest absolute Gasteiger partial charge is 0.395 e. The highest BCUT2D eigenvalue weighted by Crippen LogP contribution is 2.14. The van der Waals surface area contributed by atoms with Gasteiger partial charge >= 0.3 is 0 Å². The first kappa shape index (κ1) is 13.9. The van der Waals surface area contributed by atoms with Gasteiger partial charge in [-0.15, -0.1) is 22.9 Å². The number of halogens is 1. The van der Waals surface area contributed by atoms with Gasteiger partial charge in [0, 0.05) is 11.9 Å². The van der Waals surface area contributed by atoms with Crippen molar-refractivity contribution in [2.45, 2.75) is 32.2 Å². The van der Waals surface area contributed by atoms with Gasteiger partial charge in [0.25, 0.3) is 0 Å². The molecule has 1 N–H and O–H groups in total. The molecule has 0 bridgehead atoms. The molecular weight excluding hydrogens is 244 g/mol. The van der Waals surface area contributed by atoms with Crippen LogP contribution in [0.15, 0.2) is 5.38 Å². The Bertz CT molecular complexity index is 293. The van der Waals surface area contributed by atoms with Gasteiger partial charge in [0.1, 0.15) is 5.01 Å². The molecule has 0 aromatic carbocycles. The van der Waals surface area contributed by atoms with Crippen molar-refractivity contribution in [3.05, 3.63) is 16.1 Å². The first-order valence-electron chi connectivity index (χ1n) is 5.62. The third-order valence-corrected chi connectivity index (χ3v) is 3.50. The highest BCUT2D eigenvalue weighted by Gasteiger charge is 2.08. The van der Waals surface area contributed by atoms with Crippen LogP contribution >= 0.6 is 22.9 Å². The standard InChI is InChI=1S/C11H19ClN2OS/c1-2-3-4-14(5-6-15)8-11-13-10(7-12)9-16-11/h9,15H,2-8H2,1H3. The Morgan fingerprint density at radius 1 is 1.50 bits per heavy atom. The molecule has 92 valence electrons. The summed E-state index contributed by atoms with van der Waals surface area (Å²) < 4.78 is 0. The second-order valence-corrected chi connectivity index (χ2v) is 4.93. The maximum absolute atomic E-state index is 8.99. The minimum Gasteiger partial charge on any atom is -0.395 e. The molecule has 5 heteroatoms. The van der Waals surface area contributed by atoms with Crippen molar-refractivity contribution in [2.75, 3.05) is 19.7 Å².